The summed E-state index contributed by atoms with van der Waals surface area (Å²) in [6.45, 7) is 7.06. The highest BCUT2D eigenvalue weighted by atomic mass is 16.6. The smallest absolute Gasteiger partial charge is 0.407 e. The number of H-pyrrole nitrogens is 1. The fourth-order valence-corrected chi connectivity index (χ4v) is 3.17. The molecule has 1 aromatic heterocycles. The van der Waals surface area contributed by atoms with Crippen LogP contribution in [0.15, 0.2) is 18.3 Å². The molecule has 3 N–H and O–H groups in total. The van der Waals surface area contributed by atoms with E-state index < -0.39 is 5.60 Å². The van der Waals surface area contributed by atoms with Crippen LogP contribution < -0.4 is 10.6 Å². The van der Waals surface area contributed by atoms with Crippen molar-refractivity contribution in [3.05, 3.63) is 24.0 Å². The number of rotatable bonds is 6. The van der Waals surface area contributed by atoms with Crippen LogP contribution in [-0.4, -0.2) is 29.3 Å². The van der Waals surface area contributed by atoms with Crippen LogP contribution in [0, 0.1) is 5.92 Å². The minimum atomic E-state index is -0.456. The third-order valence-corrected chi connectivity index (χ3v) is 4.30. The molecule has 1 atom stereocenters. The number of ether oxygens (including phenoxy) is 1. The normalized spacial score (nSPS) is 17.7. The van der Waals surface area contributed by atoms with Gasteiger partial charge in [-0.2, -0.15) is 0 Å². The average molecular weight is 321 g/mol. The Morgan fingerprint density at radius 2 is 2.09 bits per heavy atom. The summed E-state index contributed by atoms with van der Waals surface area (Å²) < 4.78 is 5.34. The van der Waals surface area contributed by atoms with Crippen molar-refractivity contribution in [2.75, 3.05) is 6.54 Å². The van der Waals surface area contributed by atoms with Crippen LogP contribution in [0.1, 0.15) is 58.6 Å². The first-order valence-electron chi connectivity index (χ1n) is 8.76. The molecular formula is C18H31N3O2. The largest absolute Gasteiger partial charge is 0.444 e. The zero-order valence-corrected chi connectivity index (χ0v) is 14.7. The van der Waals surface area contributed by atoms with Crippen molar-refractivity contribution in [2.45, 2.75) is 71.1 Å². The Bertz CT molecular complexity index is 459. The van der Waals surface area contributed by atoms with Crippen molar-refractivity contribution < 1.29 is 9.53 Å². The number of nitrogens with one attached hydrogen (secondary N) is 3. The van der Waals surface area contributed by atoms with E-state index in [-0.39, 0.29) is 12.1 Å². The molecule has 0 aromatic carbocycles. The Balaban J connectivity index is 1.86. The lowest BCUT2D eigenvalue weighted by Gasteiger charge is -2.31. The zero-order chi connectivity index (χ0) is 16.7. The molecule has 1 aliphatic carbocycles. The molecule has 0 bridgehead atoms. The van der Waals surface area contributed by atoms with E-state index in [9.17, 15) is 4.79 Å². The summed E-state index contributed by atoms with van der Waals surface area (Å²) in [4.78, 5) is 15.1. The quantitative estimate of drug-likeness (QED) is 0.750. The molecular weight excluding hydrogens is 290 g/mol. The number of carbonyl (C=O) groups excluding carboxylic acids is 1. The van der Waals surface area contributed by atoms with Gasteiger partial charge in [0, 0.05) is 31.0 Å². The molecule has 0 spiro atoms. The minimum Gasteiger partial charge on any atom is -0.444 e. The average Bonchev–Trinajstić information content (AvgIpc) is 3.00. The molecule has 1 saturated carbocycles. The van der Waals surface area contributed by atoms with Gasteiger partial charge in [-0.25, -0.2) is 4.79 Å². The molecule has 1 fully saturated rings. The fraction of sp³-hybridized carbons (Fsp3) is 0.722. The van der Waals surface area contributed by atoms with Gasteiger partial charge in [0.25, 0.3) is 0 Å². The van der Waals surface area contributed by atoms with Gasteiger partial charge in [0.1, 0.15) is 5.60 Å². The van der Waals surface area contributed by atoms with Gasteiger partial charge in [0.15, 0.2) is 0 Å². The van der Waals surface area contributed by atoms with E-state index in [4.69, 9.17) is 4.74 Å². The maximum atomic E-state index is 11.9. The lowest BCUT2D eigenvalue weighted by Crippen LogP contribution is -2.46. The first kappa shape index (κ1) is 17.9. The van der Waals surface area contributed by atoms with Crippen molar-refractivity contribution >= 4 is 6.09 Å². The Kier molecular flexibility index (Phi) is 6.51. The third-order valence-electron chi connectivity index (χ3n) is 4.30. The molecule has 1 aliphatic rings. The number of aromatic amines is 1. The second-order valence-corrected chi connectivity index (χ2v) is 7.46. The van der Waals surface area contributed by atoms with E-state index in [2.05, 4.69) is 21.7 Å². The van der Waals surface area contributed by atoms with Crippen molar-refractivity contribution in [1.29, 1.82) is 0 Å². The molecule has 1 unspecified atom stereocenters. The molecule has 2 rings (SSSR count). The lowest BCUT2D eigenvalue weighted by molar-refractivity contribution is 0.0515. The molecule has 0 aliphatic heterocycles. The van der Waals surface area contributed by atoms with E-state index in [0.29, 0.717) is 12.5 Å². The van der Waals surface area contributed by atoms with Gasteiger partial charge < -0.3 is 20.4 Å². The number of hydrogen-bond donors (Lipinski definition) is 3. The summed E-state index contributed by atoms with van der Waals surface area (Å²) in [5.41, 5.74) is 0.713. The minimum absolute atomic E-state index is 0.283. The van der Waals surface area contributed by atoms with Gasteiger partial charge in [-0.05, 0) is 51.7 Å². The first-order valence-corrected chi connectivity index (χ1v) is 8.76. The Morgan fingerprint density at radius 3 is 2.70 bits per heavy atom. The van der Waals surface area contributed by atoms with Crippen molar-refractivity contribution in [3.8, 4) is 0 Å². The van der Waals surface area contributed by atoms with Gasteiger partial charge in [-0.15, -0.1) is 0 Å². The molecule has 1 heterocycles. The summed E-state index contributed by atoms with van der Waals surface area (Å²) in [6.07, 6.45) is 7.98. The Morgan fingerprint density at radius 1 is 1.35 bits per heavy atom. The molecule has 1 amide bonds. The van der Waals surface area contributed by atoms with Gasteiger partial charge >= 0.3 is 6.09 Å². The van der Waals surface area contributed by atoms with Crippen molar-refractivity contribution in [2.24, 2.45) is 5.92 Å². The Hall–Kier alpha value is -1.49. The number of alkyl carbamates (subject to hydrolysis) is 1. The van der Waals surface area contributed by atoms with E-state index in [1.165, 1.54) is 37.8 Å². The van der Waals surface area contributed by atoms with E-state index in [1.54, 1.807) is 0 Å². The maximum Gasteiger partial charge on any atom is 0.407 e. The SMILES string of the molecule is CC(C)(C)OC(=O)NCC(NCc1ccc[nH]1)C1CCCCC1. The van der Waals surface area contributed by atoms with Crippen LogP contribution in [0.2, 0.25) is 0 Å². The highest BCUT2D eigenvalue weighted by Crippen LogP contribution is 2.26. The molecule has 1 aromatic rings. The summed E-state index contributed by atoms with van der Waals surface area (Å²) >= 11 is 0. The standard InChI is InChI=1S/C18H31N3O2/c1-18(2,3)23-17(22)21-13-16(14-8-5-4-6-9-14)20-12-15-10-7-11-19-15/h7,10-11,14,16,19-20H,4-6,8-9,12-13H2,1-3H3,(H,21,22). The summed E-state index contributed by atoms with van der Waals surface area (Å²) in [7, 11) is 0. The zero-order valence-electron chi connectivity index (χ0n) is 14.7. The van der Waals surface area contributed by atoms with E-state index in [1.807, 2.05) is 33.0 Å². The maximum absolute atomic E-state index is 11.9. The summed E-state index contributed by atoms with van der Waals surface area (Å²) in [6, 6.07) is 4.36. The highest BCUT2D eigenvalue weighted by Gasteiger charge is 2.25. The van der Waals surface area contributed by atoms with Crippen LogP contribution in [0.25, 0.3) is 0 Å². The van der Waals surface area contributed by atoms with E-state index >= 15 is 0 Å². The highest BCUT2D eigenvalue weighted by molar-refractivity contribution is 5.67. The predicted molar refractivity (Wildman–Crippen MR) is 92.2 cm³/mol. The van der Waals surface area contributed by atoms with Crippen LogP contribution in [0.5, 0.6) is 0 Å². The van der Waals surface area contributed by atoms with Gasteiger partial charge in [0.05, 0.1) is 0 Å². The molecule has 5 heteroatoms. The van der Waals surface area contributed by atoms with Crippen molar-refractivity contribution in [3.63, 3.8) is 0 Å². The van der Waals surface area contributed by atoms with Gasteiger partial charge in [-0.1, -0.05) is 19.3 Å². The monoisotopic (exact) mass is 321 g/mol. The molecule has 23 heavy (non-hydrogen) atoms. The number of amides is 1. The van der Waals surface area contributed by atoms with Crippen LogP contribution >= 0.6 is 0 Å². The van der Waals surface area contributed by atoms with E-state index in [0.717, 1.165) is 6.54 Å². The molecule has 0 radical (unpaired) electrons. The van der Waals surface area contributed by atoms with Crippen LogP contribution in [0.4, 0.5) is 4.79 Å². The van der Waals surface area contributed by atoms with Gasteiger partial charge in [0.2, 0.25) is 0 Å². The predicted octanol–water partition coefficient (Wildman–Crippen LogP) is 3.58. The molecule has 5 nitrogen and oxygen atoms in total. The molecule has 0 saturated heterocycles. The topological polar surface area (TPSA) is 66.2 Å². The summed E-state index contributed by atoms with van der Waals surface area (Å²) in [5.74, 6) is 0.619. The van der Waals surface area contributed by atoms with Crippen LogP contribution in [0.3, 0.4) is 0 Å². The molecule has 130 valence electrons. The summed E-state index contributed by atoms with van der Waals surface area (Å²) in [5, 5.41) is 6.54. The lowest BCUT2D eigenvalue weighted by atomic mass is 9.84. The number of carbonyl (C=O) groups is 1. The second kappa shape index (κ2) is 8.39. The third kappa shape index (κ3) is 6.65. The van der Waals surface area contributed by atoms with Crippen LogP contribution in [-0.2, 0) is 11.3 Å². The Labute approximate surface area is 139 Å². The number of aromatic nitrogens is 1. The van der Waals surface area contributed by atoms with Gasteiger partial charge in [-0.3, -0.25) is 0 Å². The van der Waals surface area contributed by atoms with Crippen molar-refractivity contribution in [1.82, 2.24) is 15.6 Å². The fourth-order valence-electron chi connectivity index (χ4n) is 3.17. The first-order chi connectivity index (χ1) is 10.9. The second-order valence-electron chi connectivity index (χ2n) is 7.46. The number of hydrogen-bond acceptors (Lipinski definition) is 3.